The summed E-state index contributed by atoms with van der Waals surface area (Å²) in [5, 5.41) is 9.27. The summed E-state index contributed by atoms with van der Waals surface area (Å²) in [5.74, 6) is -0.895. The van der Waals surface area contributed by atoms with E-state index in [0.717, 1.165) is 11.1 Å². The summed E-state index contributed by atoms with van der Waals surface area (Å²) in [7, 11) is 0. The molecule has 1 fully saturated rings. The predicted octanol–water partition coefficient (Wildman–Crippen LogP) is 2.70. The molecule has 1 unspecified atom stereocenters. The van der Waals surface area contributed by atoms with Gasteiger partial charge in [-0.25, -0.2) is 0 Å². The number of carbonyl (C=O) groups excluding carboxylic acids is 1. The van der Waals surface area contributed by atoms with Gasteiger partial charge in [-0.05, 0) is 31.2 Å². The largest absolute Gasteiger partial charge is 0.414 e. The Labute approximate surface area is 127 Å². The Balaban J connectivity index is 1.87. The molecule has 0 spiro atoms. The number of likely N-dealkylation sites (tertiary alicyclic amines) is 1. The molecule has 2 rings (SSSR count). The quantitative estimate of drug-likeness (QED) is 0.932. The summed E-state index contributed by atoms with van der Waals surface area (Å²) < 4.78 is 37.5. The van der Waals surface area contributed by atoms with E-state index in [2.05, 4.69) is 0 Å². The number of alkyl halides is 3. The molecule has 1 aliphatic heterocycles. The molecule has 0 aromatic heterocycles. The fraction of sp³-hybridized carbons (Fsp3) is 0.562. The maximum absolute atomic E-state index is 12.5. The van der Waals surface area contributed by atoms with Gasteiger partial charge in [0.15, 0.2) is 6.10 Å². The van der Waals surface area contributed by atoms with Crippen LogP contribution in [-0.4, -0.2) is 41.3 Å². The molecule has 22 heavy (non-hydrogen) atoms. The second-order valence-corrected chi connectivity index (χ2v) is 5.87. The lowest BCUT2D eigenvalue weighted by atomic mass is 9.90. The van der Waals surface area contributed by atoms with Crippen molar-refractivity contribution in [3.63, 3.8) is 0 Å². The standard InChI is InChI=1S/C16H20F3NO2/c1-11-3-2-4-12(9-11)10-14(21)20-7-5-13(6-8-20)15(22)16(17,18)19/h2-4,9,13,15,22H,5-8,10H2,1H3. The van der Waals surface area contributed by atoms with Crippen molar-refractivity contribution in [1.82, 2.24) is 4.90 Å². The second-order valence-electron chi connectivity index (χ2n) is 5.87. The summed E-state index contributed by atoms with van der Waals surface area (Å²) in [6, 6.07) is 7.62. The Bertz CT molecular complexity index is 522. The van der Waals surface area contributed by atoms with Crippen LogP contribution in [0.2, 0.25) is 0 Å². The van der Waals surface area contributed by atoms with Crippen LogP contribution in [-0.2, 0) is 11.2 Å². The molecule has 1 saturated heterocycles. The number of aliphatic hydroxyl groups is 1. The fourth-order valence-corrected chi connectivity index (χ4v) is 2.84. The van der Waals surface area contributed by atoms with Crippen molar-refractivity contribution in [2.75, 3.05) is 13.1 Å². The van der Waals surface area contributed by atoms with Gasteiger partial charge >= 0.3 is 6.18 Å². The molecule has 1 N–H and O–H groups in total. The molecule has 1 aliphatic rings. The minimum atomic E-state index is -4.58. The lowest BCUT2D eigenvalue weighted by molar-refractivity contribution is -0.222. The number of rotatable bonds is 3. The van der Waals surface area contributed by atoms with Gasteiger partial charge < -0.3 is 10.0 Å². The Morgan fingerprint density at radius 2 is 2.00 bits per heavy atom. The number of amides is 1. The van der Waals surface area contributed by atoms with Crippen molar-refractivity contribution in [3.8, 4) is 0 Å². The van der Waals surface area contributed by atoms with Crippen LogP contribution in [0.25, 0.3) is 0 Å². The molecule has 1 aromatic rings. The Morgan fingerprint density at radius 1 is 1.36 bits per heavy atom. The van der Waals surface area contributed by atoms with Crippen LogP contribution in [0, 0.1) is 12.8 Å². The van der Waals surface area contributed by atoms with E-state index < -0.39 is 18.2 Å². The van der Waals surface area contributed by atoms with Crippen LogP contribution in [0.4, 0.5) is 13.2 Å². The van der Waals surface area contributed by atoms with Crippen LogP contribution in [0.5, 0.6) is 0 Å². The van der Waals surface area contributed by atoms with Gasteiger partial charge in [-0.15, -0.1) is 0 Å². The topological polar surface area (TPSA) is 40.5 Å². The first-order valence-electron chi connectivity index (χ1n) is 7.35. The van der Waals surface area contributed by atoms with E-state index in [0.29, 0.717) is 0 Å². The van der Waals surface area contributed by atoms with Gasteiger partial charge in [0, 0.05) is 13.1 Å². The third kappa shape index (κ3) is 4.22. The molecular weight excluding hydrogens is 295 g/mol. The Morgan fingerprint density at radius 3 is 2.55 bits per heavy atom. The summed E-state index contributed by atoms with van der Waals surface area (Å²) in [4.78, 5) is 13.8. The second kappa shape index (κ2) is 6.69. The van der Waals surface area contributed by atoms with Crippen molar-refractivity contribution in [3.05, 3.63) is 35.4 Å². The third-order valence-corrected chi connectivity index (χ3v) is 4.11. The number of hydrogen-bond donors (Lipinski definition) is 1. The van der Waals surface area contributed by atoms with Gasteiger partial charge in [0.05, 0.1) is 6.42 Å². The molecule has 1 amide bonds. The first kappa shape index (κ1) is 16.8. The van der Waals surface area contributed by atoms with Gasteiger partial charge in [0.1, 0.15) is 0 Å². The van der Waals surface area contributed by atoms with Crippen molar-refractivity contribution < 1.29 is 23.1 Å². The van der Waals surface area contributed by atoms with Crippen molar-refractivity contribution in [2.24, 2.45) is 5.92 Å². The van der Waals surface area contributed by atoms with E-state index in [1.54, 1.807) is 4.90 Å². The lowest BCUT2D eigenvalue weighted by Crippen LogP contribution is -2.45. The smallest absolute Gasteiger partial charge is 0.383 e. The fourth-order valence-electron chi connectivity index (χ4n) is 2.84. The first-order chi connectivity index (χ1) is 10.3. The normalized spacial score (nSPS) is 18.3. The minimum absolute atomic E-state index is 0.0782. The van der Waals surface area contributed by atoms with Gasteiger partial charge in [0.2, 0.25) is 5.91 Å². The summed E-state index contributed by atoms with van der Waals surface area (Å²) >= 11 is 0. The number of nitrogens with zero attached hydrogens (tertiary/aromatic N) is 1. The van der Waals surface area contributed by atoms with Gasteiger partial charge in [0.25, 0.3) is 0 Å². The number of aryl methyl sites for hydroxylation is 1. The van der Waals surface area contributed by atoms with Gasteiger partial charge in [-0.3, -0.25) is 4.79 Å². The molecule has 6 heteroatoms. The van der Waals surface area contributed by atoms with E-state index >= 15 is 0 Å². The zero-order valence-corrected chi connectivity index (χ0v) is 12.4. The molecule has 1 atom stereocenters. The number of hydrogen-bond acceptors (Lipinski definition) is 2. The molecular formula is C16H20F3NO2. The van der Waals surface area contributed by atoms with Gasteiger partial charge in [-0.2, -0.15) is 13.2 Å². The summed E-state index contributed by atoms with van der Waals surface area (Å²) in [6.07, 6.45) is -6.26. The van der Waals surface area contributed by atoms with Gasteiger partial charge in [-0.1, -0.05) is 29.8 Å². The van der Waals surface area contributed by atoms with Crippen LogP contribution < -0.4 is 0 Å². The Kier molecular flexibility index (Phi) is 5.11. The number of halogens is 3. The molecule has 0 bridgehead atoms. The number of aliphatic hydroxyl groups excluding tert-OH is 1. The molecule has 0 radical (unpaired) electrons. The number of piperidine rings is 1. The molecule has 0 aliphatic carbocycles. The maximum Gasteiger partial charge on any atom is 0.414 e. The highest BCUT2D eigenvalue weighted by molar-refractivity contribution is 5.78. The van der Waals surface area contributed by atoms with E-state index in [1.165, 1.54) is 0 Å². The Hall–Kier alpha value is -1.56. The lowest BCUT2D eigenvalue weighted by Gasteiger charge is -2.34. The zero-order chi connectivity index (χ0) is 16.3. The van der Waals surface area contributed by atoms with E-state index in [9.17, 15) is 23.1 Å². The minimum Gasteiger partial charge on any atom is -0.383 e. The first-order valence-corrected chi connectivity index (χ1v) is 7.35. The molecule has 1 aromatic carbocycles. The van der Waals surface area contributed by atoms with Crippen LogP contribution in [0.1, 0.15) is 24.0 Å². The van der Waals surface area contributed by atoms with Crippen LogP contribution in [0.3, 0.4) is 0 Å². The number of benzene rings is 1. The molecule has 0 saturated carbocycles. The molecule has 3 nitrogen and oxygen atoms in total. The summed E-state index contributed by atoms with van der Waals surface area (Å²) in [5.41, 5.74) is 1.97. The maximum atomic E-state index is 12.5. The van der Waals surface area contributed by atoms with E-state index in [1.807, 2.05) is 31.2 Å². The molecule has 1 heterocycles. The van der Waals surface area contributed by atoms with Crippen molar-refractivity contribution in [1.29, 1.82) is 0 Å². The monoisotopic (exact) mass is 315 g/mol. The SMILES string of the molecule is Cc1cccc(CC(=O)N2CCC(C(O)C(F)(F)F)CC2)c1. The van der Waals surface area contributed by atoms with E-state index in [4.69, 9.17) is 0 Å². The van der Waals surface area contributed by atoms with Crippen molar-refractivity contribution in [2.45, 2.75) is 38.5 Å². The molecule has 122 valence electrons. The average Bonchev–Trinajstić information content (AvgIpc) is 2.45. The highest BCUT2D eigenvalue weighted by atomic mass is 19.4. The predicted molar refractivity (Wildman–Crippen MR) is 76.2 cm³/mol. The highest BCUT2D eigenvalue weighted by Crippen LogP contribution is 2.31. The zero-order valence-electron chi connectivity index (χ0n) is 12.4. The summed E-state index contributed by atoms with van der Waals surface area (Å²) in [6.45, 7) is 2.48. The van der Waals surface area contributed by atoms with Crippen LogP contribution >= 0.6 is 0 Å². The number of carbonyl (C=O) groups is 1. The van der Waals surface area contributed by atoms with Crippen LogP contribution in [0.15, 0.2) is 24.3 Å². The highest BCUT2D eigenvalue weighted by Gasteiger charge is 2.44. The van der Waals surface area contributed by atoms with Crippen molar-refractivity contribution >= 4 is 5.91 Å². The third-order valence-electron chi connectivity index (χ3n) is 4.11. The van der Waals surface area contributed by atoms with E-state index in [-0.39, 0.29) is 38.3 Å². The average molecular weight is 315 g/mol.